The highest BCUT2D eigenvalue weighted by atomic mass is 15.1. The topological polar surface area (TPSA) is 50.5 Å². The number of benzene rings is 2. The zero-order chi connectivity index (χ0) is 14.8. The molecule has 0 saturated carbocycles. The molecule has 0 atom stereocenters. The molecule has 2 aromatic carbocycles. The predicted molar refractivity (Wildman–Crippen MR) is 87.7 cm³/mol. The molecule has 0 spiro atoms. The Morgan fingerprint density at radius 1 is 0.636 bits per heavy atom. The van der Waals surface area contributed by atoms with E-state index in [1.54, 1.807) is 6.20 Å². The molecule has 0 saturated heterocycles. The van der Waals surface area contributed by atoms with Crippen molar-refractivity contribution in [3.8, 4) is 0 Å². The van der Waals surface area contributed by atoms with Gasteiger partial charge in [0, 0.05) is 17.0 Å². The van der Waals surface area contributed by atoms with Gasteiger partial charge in [-0.15, -0.1) is 10.2 Å². The summed E-state index contributed by atoms with van der Waals surface area (Å²) in [5.41, 5.74) is 2.54. The van der Waals surface area contributed by atoms with Crippen LogP contribution in [0.4, 0.5) is 11.5 Å². The van der Waals surface area contributed by atoms with Crippen molar-refractivity contribution in [2.45, 2.75) is 0 Å². The first-order valence-corrected chi connectivity index (χ1v) is 7.01. The molecule has 2 heterocycles. The fourth-order valence-corrected chi connectivity index (χ4v) is 2.37. The molecule has 0 bridgehead atoms. The van der Waals surface area contributed by atoms with Crippen LogP contribution >= 0.6 is 0 Å². The monoisotopic (exact) mass is 284 g/mol. The number of aromatic nitrogens is 2. The maximum atomic E-state index is 4.60. The summed E-state index contributed by atoms with van der Waals surface area (Å²) in [7, 11) is 0. The summed E-state index contributed by atoms with van der Waals surface area (Å²) in [5, 5.41) is 10.5. The van der Waals surface area contributed by atoms with Gasteiger partial charge in [-0.2, -0.15) is 0 Å². The fraction of sp³-hybridized carbons (Fsp3) is 0. The lowest BCUT2D eigenvalue weighted by atomic mass is 10.1. The Bertz CT molecular complexity index is 978. The first-order chi connectivity index (χ1) is 10.9. The summed E-state index contributed by atoms with van der Waals surface area (Å²) >= 11 is 0. The fourth-order valence-electron chi connectivity index (χ4n) is 2.37. The van der Waals surface area contributed by atoms with Gasteiger partial charge in [0.25, 0.3) is 0 Å². The van der Waals surface area contributed by atoms with Crippen LogP contribution in [0.15, 0.2) is 83.2 Å². The normalized spacial score (nSPS) is 11.5. The Labute approximate surface area is 127 Å². The zero-order valence-corrected chi connectivity index (χ0v) is 11.7. The molecule has 4 aromatic rings. The van der Waals surface area contributed by atoms with Crippen LogP contribution in [0.1, 0.15) is 0 Å². The Morgan fingerprint density at radius 3 is 2.27 bits per heavy atom. The molecule has 2 aromatic heterocycles. The van der Waals surface area contributed by atoms with Crippen LogP contribution in [0.3, 0.4) is 0 Å². The second-order valence-corrected chi connectivity index (χ2v) is 4.92. The molecular formula is C18H12N4. The van der Waals surface area contributed by atoms with Gasteiger partial charge in [0.15, 0.2) is 5.82 Å². The summed E-state index contributed by atoms with van der Waals surface area (Å²) in [4.78, 5) is 9.03. The molecule has 0 fully saturated rings. The molecule has 4 heteroatoms. The van der Waals surface area contributed by atoms with Crippen molar-refractivity contribution in [3.05, 3.63) is 72.9 Å². The lowest BCUT2D eigenvalue weighted by Crippen LogP contribution is -1.84. The summed E-state index contributed by atoms with van der Waals surface area (Å²) in [5.74, 6) is 0.578. The number of fused-ring (bicyclic) bond motifs is 3. The Morgan fingerprint density at radius 2 is 1.41 bits per heavy atom. The van der Waals surface area contributed by atoms with Crippen molar-refractivity contribution in [2.24, 2.45) is 10.2 Å². The van der Waals surface area contributed by atoms with Crippen LogP contribution in [-0.4, -0.2) is 9.97 Å². The second-order valence-electron chi connectivity index (χ2n) is 4.92. The standard InChI is InChI=1S/C18H12N4/c1-2-6-15(7-3-1)21-22-16-11-10-14-9-8-13-5-4-12-19-17(13)18(14)20-16/h1-12H. The van der Waals surface area contributed by atoms with Crippen LogP contribution in [0.2, 0.25) is 0 Å². The lowest BCUT2D eigenvalue weighted by molar-refractivity contribution is 1.18. The van der Waals surface area contributed by atoms with Crippen LogP contribution in [-0.2, 0) is 0 Å². The van der Waals surface area contributed by atoms with E-state index < -0.39 is 0 Å². The molecule has 0 aliphatic heterocycles. The molecule has 22 heavy (non-hydrogen) atoms. The number of pyridine rings is 2. The highest BCUT2D eigenvalue weighted by Gasteiger charge is 2.04. The van der Waals surface area contributed by atoms with Gasteiger partial charge >= 0.3 is 0 Å². The minimum Gasteiger partial charge on any atom is -0.254 e. The van der Waals surface area contributed by atoms with E-state index in [-0.39, 0.29) is 0 Å². The van der Waals surface area contributed by atoms with E-state index in [0.717, 1.165) is 27.5 Å². The quantitative estimate of drug-likeness (QED) is 0.375. The molecule has 104 valence electrons. The van der Waals surface area contributed by atoms with Crippen molar-refractivity contribution >= 4 is 33.3 Å². The molecular weight excluding hydrogens is 272 g/mol. The van der Waals surface area contributed by atoms with E-state index in [1.807, 2.05) is 60.7 Å². The molecule has 0 unspecified atom stereocenters. The van der Waals surface area contributed by atoms with Gasteiger partial charge in [0.05, 0.1) is 16.7 Å². The molecule has 0 amide bonds. The Kier molecular flexibility index (Phi) is 3.05. The minimum atomic E-state index is 0.578. The third-order valence-electron chi connectivity index (χ3n) is 3.44. The van der Waals surface area contributed by atoms with Crippen LogP contribution < -0.4 is 0 Å². The van der Waals surface area contributed by atoms with E-state index >= 15 is 0 Å². The summed E-state index contributed by atoms with van der Waals surface area (Å²) < 4.78 is 0. The molecule has 0 aliphatic carbocycles. The zero-order valence-electron chi connectivity index (χ0n) is 11.7. The van der Waals surface area contributed by atoms with Gasteiger partial charge in [0.2, 0.25) is 0 Å². The first kappa shape index (κ1) is 12.6. The Hall–Kier alpha value is -3.14. The number of azo groups is 1. The number of hydrogen-bond donors (Lipinski definition) is 0. The third-order valence-corrected chi connectivity index (χ3v) is 3.44. The molecule has 4 nitrogen and oxygen atoms in total. The van der Waals surface area contributed by atoms with Crippen LogP contribution in [0.25, 0.3) is 21.8 Å². The van der Waals surface area contributed by atoms with Gasteiger partial charge in [-0.05, 0) is 30.3 Å². The molecule has 0 N–H and O–H groups in total. The number of hydrogen-bond acceptors (Lipinski definition) is 4. The summed E-state index contributed by atoms with van der Waals surface area (Å²) in [6.07, 6.45) is 1.78. The smallest absolute Gasteiger partial charge is 0.175 e. The van der Waals surface area contributed by atoms with E-state index in [0.29, 0.717) is 5.82 Å². The average molecular weight is 284 g/mol. The van der Waals surface area contributed by atoms with Gasteiger partial charge in [0.1, 0.15) is 0 Å². The van der Waals surface area contributed by atoms with Gasteiger partial charge < -0.3 is 0 Å². The third kappa shape index (κ3) is 2.31. The SMILES string of the molecule is c1ccc(N=Nc2ccc3ccc4cccnc4c3n2)cc1. The number of nitrogens with zero attached hydrogens (tertiary/aromatic N) is 4. The minimum absolute atomic E-state index is 0.578. The van der Waals surface area contributed by atoms with Crippen molar-refractivity contribution in [1.82, 2.24) is 9.97 Å². The van der Waals surface area contributed by atoms with Crippen molar-refractivity contribution in [1.29, 1.82) is 0 Å². The highest BCUT2D eigenvalue weighted by molar-refractivity contribution is 6.02. The van der Waals surface area contributed by atoms with E-state index in [1.165, 1.54) is 0 Å². The van der Waals surface area contributed by atoms with Crippen molar-refractivity contribution in [3.63, 3.8) is 0 Å². The first-order valence-electron chi connectivity index (χ1n) is 7.01. The maximum Gasteiger partial charge on any atom is 0.175 e. The number of rotatable bonds is 2. The average Bonchev–Trinajstić information content (AvgIpc) is 2.60. The van der Waals surface area contributed by atoms with Gasteiger partial charge in [-0.1, -0.05) is 36.4 Å². The molecule has 0 aliphatic rings. The summed E-state index contributed by atoms with van der Waals surface area (Å²) in [6, 6.07) is 21.5. The van der Waals surface area contributed by atoms with Crippen LogP contribution in [0.5, 0.6) is 0 Å². The van der Waals surface area contributed by atoms with Gasteiger partial charge in [-0.3, -0.25) is 4.98 Å². The largest absolute Gasteiger partial charge is 0.254 e. The summed E-state index contributed by atoms with van der Waals surface area (Å²) in [6.45, 7) is 0. The van der Waals surface area contributed by atoms with E-state index in [4.69, 9.17) is 0 Å². The second kappa shape index (κ2) is 5.33. The maximum absolute atomic E-state index is 4.60. The van der Waals surface area contributed by atoms with Gasteiger partial charge in [-0.25, -0.2) is 4.98 Å². The van der Waals surface area contributed by atoms with E-state index in [2.05, 4.69) is 26.3 Å². The van der Waals surface area contributed by atoms with Crippen molar-refractivity contribution in [2.75, 3.05) is 0 Å². The molecule has 0 radical (unpaired) electrons. The lowest BCUT2D eigenvalue weighted by Gasteiger charge is -2.02. The predicted octanol–water partition coefficient (Wildman–Crippen LogP) is 5.20. The van der Waals surface area contributed by atoms with E-state index in [9.17, 15) is 0 Å². The Balaban J connectivity index is 1.83. The highest BCUT2D eigenvalue weighted by Crippen LogP contribution is 2.25. The molecule has 4 rings (SSSR count). The van der Waals surface area contributed by atoms with Crippen molar-refractivity contribution < 1.29 is 0 Å². The van der Waals surface area contributed by atoms with Crippen LogP contribution in [0, 0.1) is 0 Å².